The van der Waals surface area contributed by atoms with Crippen molar-refractivity contribution in [2.24, 2.45) is 0 Å². The molecule has 4 nitrogen and oxygen atoms in total. The minimum absolute atomic E-state index is 0.198. The Morgan fingerprint density at radius 3 is 2.59 bits per heavy atom. The van der Waals surface area contributed by atoms with Crippen molar-refractivity contribution in [1.29, 1.82) is 0 Å². The highest BCUT2D eigenvalue weighted by Gasteiger charge is 2.11. The summed E-state index contributed by atoms with van der Waals surface area (Å²) >= 11 is 6.10. The molecule has 0 unspecified atom stereocenters. The van der Waals surface area contributed by atoms with Crippen LogP contribution < -0.4 is 5.32 Å². The Labute approximate surface area is 133 Å². The normalized spacial score (nSPS) is 10.5. The topological polar surface area (TPSA) is 57.8 Å². The van der Waals surface area contributed by atoms with Gasteiger partial charge in [0.05, 0.1) is 16.3 Å². The number of nitrogens with zero attached hydrogens (tertiary/aromatic N) is 1. The van der Waals surface area contributed by atoms with Crippen molar-refractivity contribution < 1.29 is 4.79 Å². The predicted molar refractivity (Wildman–Crippen MR) is 87.9 cm³/mol. The number of hydrogen-bond acceptors (Lipinski definition) is 2. The molecule has 0 bridgehead atoms. The second-order valence-electron chi connectivity index (χ2n) is 4.82. The van der Waals surface area contributed by atoms with E-state index in [9.17, 15) is 4.79 Å². The van der Waals surface area contributed by atoms with E-state index in [1.54, 1.807) is 25.4 Å². The Hall–Kier alpha value is -2.59. The van der Waals surface area contributed by atoms with Crippen LogP contribution in [0.5, 0.6) is 0 Å². The van der Waals surface area contributed by atoms with E-state index in [1.807, 2.05) is 36.4 Å². The summed E-state index contributed by atoms with van der Waals surface area (Å²) in [6.45, 7) is 0. The second-order valence-corrected chi connectivity index (χ2v) is 5.23. The molecule has 22 heavy (non-hydrogen) atoms. The molecular formula is C17H14ClN3O. The number of aromatic nitrogens is 2. The van der Waals surface area contributed by atoms with Gasteiger partial charge in [0.2, 0.25) is 0 Å². The van der Waals surface area contributed by atoms with Gasteiger partial charge in [-0.3, -0.25) is 9.89 Å². The summed E-state index contributed by atoms with van der Waals surface area (Å²) in [7, 11) is 1.59. The van der Waals surface area contributed by atoms with Crippen LogP contribution in [0.25, 0.3) is 22.4 Å². The highest BCUT2D eigenvalue weighted by atomic mass is 35.5. The van der Waals surface area contributed by atoms with Crippen molar-refractivity contribution in [2.45, 2.75) is 0 Å². The lowest BCUT2D eigenvalue weighted by atomic mass is 10.00. The number of aromatic amines is 1. The zero-order valence-electron chi connectivity index (χ0n) is 11.9. The molecule has 110 valence electrons. The minimum Gasteiger partial charge on any atom is -0.355 e. The molecular weight excluding hydrogens is 298 g/mol. The van der Waals surface area contributed by atoms with Crippen molar-refractivity contribution in [3.05, 3.63) is 65.3 Å². The molecule has 0 atom stereocenters. The summed E-state index contributed by atoms with van der Waals surface area (Å²) in [4.78, 5) is 11.9. The summed E-state index contributed by atoms with van der Waals surface area (Å²) < 4.78 is 0. The number of nitrogens with one attached hydrogen (secondary N) is 2. The van der Waals surface area contributed by atoms with E-state index >= 15 is 0 Å². The van der Waals surface area contributed by atoms with Crippen molar-refractivity contribution in [3.8, 4) is 22.4 Å². The molecule has 0 aliphatic rings. The molecule has 2 aromatic carbocycles. The van der Waals surface area contributed by atoms with Gasteiger partial charge in [-0.2, -0.15) is 5.10 Å². The van der Waals surface area contributed by atoms with E-state index in [0.717, 1.165) is 22.4 Å². The van der Waals surface area contributed by atoms with Crippen LogP contribution in [0.2, 0.25) is 5.02 Å². The molecule has 1 aromatic heterocycles. The number of benzene rings is 2. The molecule has 0 saturated heterocycles. The number of carbonyl (C=O) groups excluding carboxylic acids is 1. The number of hydrogen-bond donors (Lipinski definition) is 2. The van der Waals surface area contributed by atoms with Crippen LogP contribution in [0, 0.1) is 0 Å². The van der Waals surface area contributed by atoms with Gasteiger partial charge in [-0.1, -0.05) is 35.9 Å². The molecule has 0 aliphatic carbocycles. The summed E-state index contributed by atoms with van der Waals surface area (Å²) in [6, 6.07) is 15.4. The first kappa shape index (κ1) is 14.4. The summed E-state index contributed by atoms with van der Waals surface area (Å²) in [5.74, 6) is -0.198. The first-order chi connectivity index (χ1) is 10.7. The summed E-state index contributed by atoms with van der Waals surface area (Å²) in [5, 5.41) is 9.95. The van der Waals surface area contributed by atoms with E-state index in [4.69, 9.17) is 11.6 Å². The van der Waals surface area contributed by atoms with Crippen molar-refractivity contribution >= 4 is 17.5 Å². The second kappa shape index (κ2) is 6.03. The van der Waals surface area contributed by atoms with Crippen molar-refractivity contribution in [3.63, 3.8) is 0 Å². The van der Waals surface area contributed by atoms with Gasteiger partial charge in [-0.25, -0.2) is 0 Å². The van der Waals surface area contributed by atoms with Gasteiger partial charge < -0.3 is 5.32 Å². The fraction of sp³-hybridized carbons (Fsp3) is 0.0588. The first-order valence-corrected chi connectivity index (χ1v) is 7.18. The lowest BCUT2D eigenvalue weighted by Crippen LogP contribution is -2.18. The zero-order chi connectivity index (χ0) is 15.5. The molecule has 0 spiro atoms. The van der Waals surface area contributed by atoms with Crippen LogP contribution in [0.15, 0.2) is 54.7 Å². The highest BCUT2D eigenvalue weighted by Crippen LogP contribution is 2.28. The standard InChI is InChI=1S/C17H14ClN3O/c1-19-17(22)14-10-12(5-6-15(14)18)11-3-2-4-13(9-11)16-7-8-20-21-16/h2-10H,1H3,(H,19,22)(H,20,21). The lowest BCUT2D eigenvalue weighted by molar-refractivity contribution is 0.0963. The third-order valence-electron chi connectivity index (χ3n) is 3.45. The number of H-pyrrole nitrogens is 1. The van der Waals surface area contributed by atoms with Crippen LogP contribution in [-0.2, 0) is 0 Å². The van der Waals surface area contributed by atoms with Crippen LogP contribution >= 0.6 is 11.6 Å². The maximum absolute atomic E-state index is 11.9. The summed E-state index contributed by atoms with van der Waals surface area (Å²) in [5.41, 5.74) is 4.39. The number of carbonyl (C=O) groups is 1. The molecule has 1 amide bonds. The molecule has 1 heterocycles. The Morgan fingerprint density at radius 1 is 1.09 bits per heavy atom. The van der Waals surface area contributed by atoms with Crippen LogP contribution in [0.1, 0.15) is 10.4 Å². The fourth-order valence-electron chi connectivity index (χ4n) is 2.30. The lowest BCUT2D eigenvalue weighted by Gasteiger charge is -2.08. The molecule has 0 radical (unpaired) electrons. The molecule has 0 fully saturated rings. The first-order valence-electron chi connectivity index (χ1n) is 6.81. The fourth-order valence-corrected chi connectivity index (χ4v) is 2.50. The summed E-state index contributed by atoms with van der Waals surface area (Å²) in [6.07, 6.45) is 1.72. The average molecular weight is 312 g/mol. The quantitative estimate of drug-likeness (QED) is 0.774. The van der Waals surface area contributed by atoms with E-state index in [1.165, 1.54) is 0 Å². The molecule has 0 aliphatic heterocycles. The Bertz CT molecular complexity index is 813. The minimum atomic E-state index is -0.198. The van der Waals surface area contributed by atoms with Gasteiger partial charge >= 0.3 is 0 Å². The van der Waals surface area contributed by atoms with Gasteiger partial charge in [0, 0.05) is 18.8 Å². The average Bonchev–Trinajstić information content (AvgIpc) is 3.09. The SMILES string of the molecule is CNC(=O)c1cc(-c2cccc(-c3ccn[nH]3)c2)ccc1Cl. The monoisotopic (exact) mass is 311 g/mol. The third kappa shape index (κ3) is 2.73. The van der Waals surface area contributed by atoms with Crippen LogP contribution in [0.3, 0.4) is 0 Å². The highest BCUT2D eigenvalue weighted by molar-refractivity contribution is 6.34. The molecule has 3 rings (SSSR count). The smallest absolute Gasteiger partial charge is 0.252 e. The number of amides is 1. The Morgan fingerprint density at radius 2 is 1.86 bits per heavy atom. The van der Waals surface area contributed by atoms with Crippen molar-refractivity contribution in [2.75, 3.05) is 7.05 Å². The van der Waals surface area contributed by atoms with E-state index in [-0.39, 0.29) is 5.91 Å². The number of halogens is 1. The van der Waals surface area contributed by atoms with Gasteiger partial charge in [-0.15, -0.1) is 0 Å². The molecule has 2 N–H and O–H groups in total. The van der Waals surface area contributed by atoms with Crippen LogP contribution in [0.4, 0.5) is 0 Å². The van der Waals surface area contributed by atoms with Crippen molar-refractivity contribution in [1.82, 2.24) is 15.5 Å². The maximum Gasteiger partial charge on any atom is 0.252 e. The van der Waals surface area contributed by atoms with E-state index < -0.39 is 0 Å². The van der Waals surface area contributed by atoms with Gasteiger partial charge in [0.15, 0.2) is 0 Å². The molecule has 3 aromatic rings. The number of rotatable bonds is 3. The molecule has 5 heteroatoms. The van der Waals surface area contributed by atoms with E-state index in [0.29, 0.717) is 10.6 Å². The maximum atomic E-state index is 11.9. The largest absolute Gasteiger partial charge is 0.355 e. The molecule has 0 saturated carbocycles. The van der Waals surface area contributed by atoms with E-state index in [2.05, 4.69) is 15.5 Å². The third-order valence-corrected chi connectivity index (χ3v) is 3.78. The zero-order valence-corrected chi connectivity index (χ0v) is 12.7. The predicted octanol–water partition coefficient (Wildman–Crippen LogP) is 3.76. The Balaban J connectivity index is 2.05. The Kier molecular flexibility index (Phi) is 3.94. The van der Waals surface area contributed by atoms with Crippen LogP contribution in [-0.4, -0.2) is 23.2 Å². The van der Waals surface area contributed by atoms with Gasteiger partial charge in [0.25, 0.3) is 5.91 Å². The van der Waals surface area contributed by atoms with Gasteiger partial charge in [-0.05, 0) is 35.4 Å². The van der Waals surface area contributed by atoms with Gasteiger partial charge in [0.1, 0.15) is 0 Å².